The minimum Gasteiger partial charge on any atom is -0.507 e. The number of aromatic hydroxyl groups is 1. The van der Waals surface area contributed by atoms with Gasteiger partial charge in [-0.3, -0.25) is 9.79 Å². The zero-order chi connectivity index (χ0) is 15.2. The Morgan fingerprint density at radius 2 is 2.19 bits per heavy atom. The van der Waals surface area contributed by atoms with E-state index in [4.69, 9.17) is 5.73 Å². The van der Waals surface area contributed by atoms with Gasteiger partial charge in [0.25, 0.3) is 0 Å². The van der Waals surface area contributed by atoms with Crippen molar-refractivity contribution >= 4 is 23.0 Å². The van der Waals surface area contributed by atoms with Gasteiger partial charge in [-0.15, -0.1) is 11.3 Å². The molecule has 0 fully saturated rings. The monoisotopic (exact) mass is 306 g/mol. The van der Waals surface area contributed by atoms with Gasteiger partial charge in [0.1, 0.15) is 11.6 Å². The number of benzene rings is 1. The van der Waals surface area contributed by atoms with Crippen molar-refractivity contribution in [1.82, 2.24) is 0 Å². The molecule has 4 nitrogen and oxygen atoms in total. The maximum Gasteiger partial charge on any atom is 0.217 e. The Kier molecular flexibility index (Phi) is 5.05. The van der Waals surface area contributed by atoms with Crippen LogP contribution in [0.5, 0.6) is 5.75 Å². The van der Waals surface area contributed by atoms with E-state index in [1.54, 1.807) is 0 Å². The Balaban J connectivity index is 2.30. The average molecular weight is 306 g/mol. The van der Waals surface area contributed by atoms with Crippen molar-refractivity contribution in [3.63, 3.8) is 0 Å². The van der Waals surface area contributed by atoms with Crippen LogP contribution in [0.3, 0.4) is 0 Å². The molecule has 0 aliphatic rings. The number of primary amides is 1. The smallest absolute Gasteiger partial charge is 0.217 e. The van der Waals surface area contributed by atoms with E-state index in [0.29, 0.717) is 24.2 Å². The first kappa shape index (κ1) is 15.2. The number of halogens is 1. The number of hydrogen-bond acceptors (Lipinski definition) is 4. The highest BCUT2D eigenvalue weighted by atomic mass is 32.1. The quantitative estimate of drug-likeness (QED) is 0.636. The first-order valence-corrected chi connectivity index (χ1v) is 7.31. The number of rotatable bonds is 6. The van der Waals surface area contributed by atoms with E-state index in [0.717, 1.165) is 4.88 Å². The zero-order valence-corrected chi connectivity index (χ0v) is 12.1. The van der Waals surface area contributed by atoms with E-state index in [1.165, 1.54) is 29.5 Å². The molecule has 0 radical (unpaired) electrons. The van der Waals surface area contributed by atoms with Gasteiger partial charge in [-0.2, -0.15) is 0 Å². The molecule has 1 heterocycles. The topological polar surface area (TPSA) is 75.7 Å². The third-order valence-corrected chi connectivity index (χ3v) is 3.70. The van der Waals surface area contributed by atoms with Crippen LogP contribution in [-0.2, 0) is 4.79 Å². The van der Waals surface area contributed by atoms with Crippen molar-refractivity contribution in [1.29, 1.82) is 0 Å². The fourth-order valence-electron chi connectivity index (χ4n) is 1.85. The third kappa shape index (κ3) is 4.13. The molecule has 0 aliphatic carbocycles. The molecule has 0 atom stereocenters. The normalized spacial score (nSPS) is 11.6. The minimum atomic E-state index is -0.441. The number of amides is 1. The lowest BCUT2D eigenvalue weighted by molar-refractivity contribution is -0.118. The Labute approximate surface area is 125 Å². The summed E-state index contributed by atoms with van der Waals surface area (Å²) in [4.78, 5) is 16.0. The van der Waals surface area contributed by atoms with E-state index in [2.05, 4.69) is 4.99 Å². The zero-order valence-electron chi connectivity index (χ0n) is 11.3. The summed E-state index contributed by atoms with van der Waals surface area (Å²) in [6.45, 7) is 0.381. The number of aliphatic imine (C=N–C) groups is 1. The molecule has 3 N–H and O–H groups in total. The van der Waals surface area contributed by atoms with Crippen molar-refractivity contribution < 1.29 is 14.3 Å². The fourth-order valence-corrected chi connectivity index (χ4v) is 2.60. The molecule has 1 aromatic carbocycles. The van der Waals surface area contributed by atoms with Crippen LogP contribution < -0.4 is 5.73 Å². The summed E-state index contributed by atoms with van der Waals surface area (Å²) in [5.74, 6) is -0.848. The summed E-state index contributed by atoms with van der Waals surface area (Å²) in [7, 11) is 0. The lowest BCUT2D eigenvalue weighted by Gasteiger charge is -2.08. The number of nitrogens with zero attached hydrogens (tertiary/aromatic N) is 1. The second-order valence-electron chi connectivity index (χ2n) is 4.44. The Bertz CT molecular complexity index is 654. The molecule has 6 heteroatoms. The second-order valence-corrected chi connectivity index (χ2v) is 5.39. The molecule has 0 aliphatic heterocycles. The Morgan fingerprint density at radius 1 is 1.38 bits per heavy atom. The van der Waals surface area contributed by atoms with Gasteiger partial charge in [-0.25, -0.2) is 4.39 Å². The number of nitrogens with two attached hydrogens (primary N) is 1. The van der Waals surface area contributed by atoms with E-state index in [9.17, 15) is 14.3 Å². The standard InChI is InChI=1S/C15H15FN2O2S/c16-10-5-6-12(19)11(9-10)15(13-3-2-8-21-13)18-7-1-4-14(17)20/h2-3,5-6,8-9,19H,1,4,7H2,(H2,17,20). The highest BCUT2D eigenvalue weighted by Crippen LogP contribution is 2.24. The molecule has 1 amide bonds. The number of hydrogen-bond donors (Lipinski definition) is 2. The van der Waals surface area contributed by atoms with Gasteiger partial charge >= 0.3 is 0 Å². The molecule has 2 aromatic rings. The van der Waals surface area contributed by atoms with E-state index in [-0.39, 0.29) is 18.1 Å². The summed E-state index contributed by atoms with van der Waals surface area (Å²) in [5.41, 5.74) is 5.95. The summed E-state index contributed by atoms with van der Waals surface area (Å²) in [6, 6.07) is 7.45. The van der Waals surface area contributed by atoms with Crippen molar-refractivity contribution in [3.8, 4) is 5.75 Å². The van der Waals surface area contributed by atoms with Gasteiger partial charge in [0.05, 0.1) is 10.6 Å². The van der Waals surface area contributed by atoms with Gasteiger partial charge in [0.15, 0.2) is 0 Å². The second kappa shape index (κ2) is 6.99. The van der Waals surface area contributed by atoms with Gasteiger partial charge in [0, 0.05) is 18.5 Å². The largest absolute Gasteiger partial charge is 0.507 e. The van der Waals surface area contributed by atoms with Gasteiger partial charge in [-0.05, 0) is 36.1 Å². The van der Waals surface area contributed by atoms with Crippen LogP contribution in [0, 0.1) is 5.82 Å². The number of carbonyl (C=O) groups excluding carboxylic acids is 1. The molecule has 1 aromatic heterocycles. The first-order chi connectivity index (χ1) is 10.1. The van der Waals surface area contributed by atoms with Crippen molar-refractivity contribution in [2.24, 2.45) is 10.7 Å². The SMILES string of the molecule is NC(=O)CCCN=C(c1cccs1)c1cc(F)ccc1O. The van der Waals surface area contributed by atoms with Crippen LogP contribution in [0.15, 0.2) is 40.7 Å². The average Bonchev–Trinajstić information content (AvgIpc) is 2.95. The van der Waals surface area contributed by atoms with Crippen LogP contribution >= 0.6 is 11.3 Å². The molecule has 0 bridgehead atoms. The predicted octanol–water partition coefficient (Wildman–Crippen LogP) is 2.70. The number of phenolic OH excluding ortho intramolecular Hbond substituents is 1. The van der Waals surface area contributed by atoms with E-state index < -0.39 is 5.82 Å². The van der Waals surface area contributed by atoms with E-state index >= 15 is 0 Å². The van der Waals surface area contributed by atoms with Crippen LogP contribution in [0.1, 0.15) is 23.3 Å². The molecule has 2 rings (SSSR count). The molecule has 0 saturated heterocycles. The lowest BCUT2D eigenvalue weighted by atomic mass is 10.1. The molecule has 0 unspecified atom stereocenters. The third-order valence-electron chi connectivity index (χ3n) is 2.82. The van der Waals surface area contributed by atoms with Crippen molar-refractivity contribution in [2.75, 3.05) is 6.54 Å². The Morgan fingerprint density at radius 3 is 2.86 bits per heavy atom. The molecule has 0 saturated carbocycles. The highest BCUT2D eigenvalue weighted by Gasteiger charge is 2.13. The molecular formula is C15H15FN2O2S. The van der Waals surface area contributed by atoms with E-state index in [1.807, 2.05) is 17.5 Å². The van der Waals surface area contributed by atoms with Crippen molar-refractivity contribution in [2.45, 2.75) is 12.8 Å². The maximum atomic E-state index is 13.4. The van der Waals surface area contributed by atoms with Crippen LogP contribution in [-0.4, -0.2) is 23.3 Å². The predicted molar refractivity (Wildman–Crippen MR) is 81.3 cm³/mol. The lowest BCUT2D eigenvalue weighted by Crippen LogP contribution is -2.11. The van der Waals surface area contributed by atoms with Crippen LogP contribution in [0.2, 0.25) is 0 Å². The van der Waals surface area contributed by atoms with Crippen LogP contribution in [0.4, 0.5) is 4.39 Å². The summed E-state index contributed by atoms with van der Waals surface area (Å²) in [5, 5.41) is 11.8. The molecular weight excluding hydrogens is 291 g/mol. The molecule has 110 valence electrons. The minimum absolute atomic E-state index is 0.0292. The summed E-state index contributed by atoms with van der Waals surface area (Å²) >= 11 is 1.45. The van der Waals surface area contributed by atoms with Crippen LogP contribution in [0.25, 0.3) is 0 Å². The maximum absolute atomic E-state index is 13.4. The number of carbonyl (C=O) groups is 1. The summed E-state index contributed by atoms with van der Waals surface area (Å²) in [6.07, 6.45) is 0.761. The van der Waals surface area contributed by atoms with Gasteiger partial charge in [0.2, 0.25) is 5.91 Å². The first-order valence-electron chi connectivity index (χ1n) is 6.43. The fraction of sp³-hybridized carbons (Fsp3) is 0.200. The number of thiophene rings is 1. The number of phenols is 1. The van der Waals surface area contributed by atoms with Gasteiger partial charge < -0.3 is 10.8 Å². The molecule has 0 spiro atoms. The van der Waals surface area contributed by atoms with Gasteiger partial charge in [-0.1, -0.05) is 6.07 Å². The highest BCUT2D eigenvalue weighted by molar-refractivity contribution is 7.12. The Hall–Kier alpha value is -2.21. The molecule has 21 heavy (non-hydrogen) atoms. The van der Waals surface area contributed by atoms with Crippen molar-refractivity contribution in [3.05, 3.63) is 52.0 Å². The summed E-state index contributed by atoms with van der Waals surface area (Å²) < 4.78 is 13.4.